The normalized spacial score (nSPS) is 24.7. The maximum Gasteiger partial charge on any atom is 0.372 e. The summed E-state index contributed by atoms with van der Waals surface area (Å²) in [5, 5.41) is 28.8. The zero-order valence-electron chi connectivity index (χ0n) is 73.7. The Kier molecular flexibility index (Phi) is 26.0. The number of H-pyrrole nitrogens is 2. The molecule has 5 unspecified atom stereocenters. The van der Waals surface area contributed by atoms with E-state index in [4.69, 9.17) is 17.2 Å². The number of nitrogens with zero attached hydrogens (tertiary/aromatic N) is 9. The van der Waals surface area contributed by atoms with E-state index in [2.05, 4.69) is 286 Å². The van der Waals surface area contributed by atoms with Gasteiger partial charge in [0, 0.05) is 55.6 Å². The van der Waals surface area contributed by atoms with Crippen LogP contribution in [-0.2, 0) is 13.0 Å². The predicted molar refractivity (Wildman–Crippen MR) is 482 cm³/mol. The van der Waals surface area contributed by atoms with Crippen molar-refractivity contribution in [3.05, 3.63) is 184 Å². The van der Waals surface area contributed by atoms with Crippen molar-refractivity contribution >= 4 is 102 Å². The van der Waals surface area contributed by atoms with Gasteiger partial charge in [-0.25, -0.2) is 24.5 Å². The summed E-state index contributed by atoms with van der Waals surface area (Å²) in [6.07, 6.45) is 17.4. The van der Waals surface area contributed by atoms with E-state index in [9.17, 15) is 25.1 Å². The van der Waals surface area contributed by atoms with Gasteiger partial charge < -0.3 is 20.2 Å². The van der Waals surface area contributed by atoms with Crippen molar-refractivity contribution in [1.29, 1.82) is 5.26 Å². The number of rotatable bonds is 18. The highest BCUT2D eigenvalue weighted by Crippen LogP contribution is 2.60. The molecule has 5 aromatic carbocycles. The molecule has 0 saturated carbocycles. The molecule has 5 aliphatic rings. The number of nitriles is 1. The number of aromatic amines is 2. The van der Waals surface area contributed by atoms with Gasteiger partial charge in [0.05, 0.1) is 67.7 Å². The van der Waals surface area contributed by atoms with Crippen LogP contribution in [0.2, 0.25) is 0 Å². The number of nitrogens with one attached hydrogen (secondary N) is 2. The van der Waals surface area contributed by atoms with Gasteiger partial charge >= 0.3 is 11.7 Å². The molecule has 614 valence electrons. The summed E-state index contributed by atoms with van der Waals surface area (Å²) < 4.78 is 11.3. The minimum absolute atomic E-state index is 0.0168. The van der Waals surface area contributed by atoms with E-state index in [0.717, 1.165) is 104 Å². The second-order valence-electron chi connectivity index (χ2n) is 37.9. The summed E-state index contributed by atoms with van der Waals surface area (Å²) in [7, 11) is 0. The summed E-state index contributed by atoms with van der Waals surface area (Å²) in [6, 6.07) is 42.7. The van der Waals surface area contributed by atoms with E-state index < -0.39 is 5.97 Å². The molecule has 0 radical (unpaired) electrons. The number of para-hydroxylation sites is 10. The van der Waals surface area contributed by atoms with E-state index in [1.165, 1.54) is 28.3 Å². The third-order valence-corrected chi connectivity index (χ3v) is 29.5. The number of carbonyl (C=O) groups is 1. The molecular weight excluding hydrogens is 1440 g/mol. The molecule has 115 heavy (non-hydrogen) atoms. The first-order valence-corrected chi connectivity index (χ1v) is 43.3. The molecule has 0 fully saturated rings. The van der Waals surface area contributed by atoms with Crippen LogP contribution in [0.15, 0.2) is 157 Å². The van der Waals surface area contributed by atoms with Crippen molar-refractivity contribution in [3.63, 3.8) is 0 Å². The molecule has 15 rings (SSSR count). The number of imidazole rings is 5. The molecule has 0 spiro atoms. The van der Waals surface area contributed by atoms with Gasteiger partial charge in [-0.2, -0.15) is 5.26 Å². The van der Waals surface area contributed by atoms with Crippen LogP contribution < -0.4 is 5.69 Å². The van der Waals surface area contributed by atoms with Crippen molar-refractivity contribution in [2.24, 2.45) is 116 Å². The van der Waals surface area contributed by atoms with Crippen LogP contribution >= 0.6 is 12.2 Å². The molecule has 10 aromatic rings. The van der Waals surface area contributed by atoms with E-state index >= 15 is 0 Å². The summed E-state index contributed by atoms with van der Waals surface area (Å²) in [6.45, 7) is 57.8. The van der Waals surface area contributed by atoms with Crippen molar-refractivity contribution in [3.8, 4) is 6.07 Å². The molecule has 5 aliphatic carbocycles. The minimum Gasteiger partial charge on any atom is -0.475 e. The van der Waals surface area contributed by atoms with Crippen LogP contribution in [0, 0.1) is 132 Å². The molecule has 4 N–H and O–H groups in total. The van der Waals surface area contributed by atoms with Crippen molar-refractivity contribution < 1.29 is 15.0 Å². The quantitative estimate of drug-likeness (QED) is 0.0605. The highest BCUT2D eigenvalue weighted by atomic mass is 32.1. The Hall–Kier alpha value is -8.91. The van der Waals surface area contributed by atoms with E-state index in [-0.39, 0.29) is 45.2 Å². The molecule has 0 aliphatic heterocycles. The Bertz CT molecular complexity index is 5370. The number of carboxylic acids is 1. The fourth-order valence-corrected chi connectivity index (χ4v) is 21.9. The van der Waals surface area contributed by atoms with Crippen LogP contribution in [0.1, 0.15) is 227 Å². The molecule has 16 heteroatoms. The smallest absolute Gasteiger partial charge is 0.372 e. The number of aliphatic hydroxyl groups is 1. The van der Waals surface area contributed by atoms with Crippen LogP contribution in [0.4, 0.5) is 0 Å². The highest BCUT2D eigenvalue weighted by molar-refractivity contribution is 7.71. The van der Waals surface area contributed by atoms with Crippen LogP contribution in [-0.4, -0.2) is 63.9 Å². The van der Waals surface area contributed by atoms with Gasteiger partial charge in [-0.15, -0.1) is 0 Å². The average Bonchev–Trinajstić information content (AvgIpc) is 1.61. The number of hydrogen-bond donors (Lipinski definition) is 4. The SMILES string of the molecule is CC(C)C1CC=C(n2c(=O)[nH]c3ccccc32)[C@@]1(C)C(C)C.CC(C)C1CC=C(n2c(=S)[nH]c3ccccc32)[C@@]1(C)C(C)C.CC(C)C1CC=C(n2c(C(=O)O)nc3ccccc32)[C@@]1(C)C(C)C.CC(C)C1CC=C(n2c(CC#N)nc3ccccc32)[C@@]1(C)C(C)C.CC(C)C1CC=C(n2c(CO)nc3ccccc32)[C@@]1(C)C(C)C. The fourth-order valence-electron chi connectivity index (χ4n) is 21.6. The number of fused-ring (bicyclic) bond motifs is 5. The number of allylic oxidation sites excluding steroid dienone is 10. The maximum absolute atomic E-state index is 12.6. The molecule has 10 atom stereocenters. The monoisotopic (exact) mass is 1570 g/mol. The maximum atomic E-state index is 12.6. The van der Waals surface area contributed by atoms with Crippen LogP contribution in [0.5, 0.6) is 0 Å². The second kappa shape index (κ2) is 34.3. The number of hydrogen-bond acceptors (Lipinski definition) is 8. The first-order chi connectivity index (χ1) is 54.3. The van der Waals surface area contributed by atoms with E-state index in [1.807, 2.05) is 88.0 Å². The van der Waals surface area contributed by atoms with Gasteiger partial charge in [-0.1, -0.05) is 264 Å². The Morgan fingerprint density at radius 2 is 0.696 bits per heavy atom. The standard InChI is InChI=1S/C21H27N3.C20H26N2O2.C20H28N2O.C19H26N2O.C19H26N2S/c1-14(2)16-10-11-19(21(16,5)15(3)4)24-18-9-7-6-8-17(18)23-20(24)12-13-22;1-12(2)14-10-11-17(20(14,5)13(3)4)22-16-9-7-6-8-15(16)21-18(22)19(23)24;1-13(2)15-10-11-18(20(15,5)14(3)4)22-17-9-7-6-8-16(17)21-19(22)12-23;2*1-12(2)14-10-11-17(19(14,5)13(3)4)21-16-9-7-6-8-15(16)20-18(21)22/h6-9,11,14-16H,10,12H2,1-5H3;6-9,11-14H,10H2,1-5H3,(H,23,24);6-9,11,13-15,23H,10,12H2,1-5H3;2*6-9,11-14H,10H2,1-5H3,(H,20,22)/t16?,21-;14?,20-;15?,20-;2*14?,19-/m00000/s1. The fraction of sp³-hybridized carbons (Fsp3) is 0.525. The molecule has 0 amide bonds. The van der Waals surface area contributed by atoms with Gasteiger partial charge in [-0.05, 0) is 194 Å². The summed E-state index contributed by atoms with van der Waals surface area (Å²) in [5.41, 5.74) is 16.4. The first-order valence-electron chi connectivity index (χ1n) is 42.9. The Balaban J connectivity index is 0.000000142. The number of benzene rings is 5. The molecular formula is C99H133N11O4S. The zero-order chi connectivity index (χ0) is 84.0. The lowest BCUT2D eigenvalue weighted by Gasteiger charge is -2.41. The van der Waals surface area contributed by atoms with Crippen molar-refractivity contribution in [2.45, 2.75) is 218 Å². The Labute approximate surface area is 690 Å². The van der Waals surface area contributed by atoms with Gasteiger partial charge in [-0.3, -0.25) is 22.8 Å². The molecule has 15 nitrogen and oxygen atoms in total. The van der Waals surface area contributed by atoms with Crippen molar-refractivity contribution in [1.82, 2.24) is 47.8 Å². The number of carboxylic acid groups (broad SMARTS) is 1. The van der Waals surface area contributed by atoms with Crippen LogP contribution in [0.25, 0.3) is 83.7 Å². The zero-order valence-corrected chi connectivity index (χ0v) is 74.5. The lowest BCUT2D eigenvalue weighted by atomic mass is 9.66. The largest absolute Gasteiger partial charge is 0.475 e. The molecule has 0 bridgehead atoms. The van der Waals surface area contributed by atoms with E-state index in [0.29, 0.717) is 95.2 Å². The predicted octanol–water partition coefficient (Wildman–Crippen LogP) is 25.3. The van der Waals surface area contributed by atoms with Gasteiger partial charge in [0.25, 0.3) is 0 Å². The molecule has 5 heterocycles. The highest BCUT2D eigenvalue weighted by Gasteiger charge is 2.52. The summed E-state index contributed by atoms with van der Waals surface area (Å²) in [4.78, 5) is 44.5. The van der Waals surface area contributed by atoms with Gasteiger partial charge in [0.2, 0.25) is 5.82 Å². The first kappa shape index (κ1) is 86.9. The Morgan fingerprint density at radius 3 is 1.03 bits per heavy atom. The lowest BCUT2D eigenvalue weighted by molar-refractivity contribution is 0.0680. The summed E-state index contributed by atoms with van der Waals surface area (Å²) >= 11 is 5.65. The molecule has 5 aromatic heterocycles. The van der Waals surface area contributed by atoms with Gasteiger partial charge in [0.1, 0.15) is 18.3 Å². The van der Waals surface area contributed by atoms with Gasteiger partial charge in [0.15, 0.2) is 4.77 Å². The second-order valence-corrected chi connectivity index (χ2v) is 38.3. The number of aromatic nitrogens is 10. The minimum atomic E-state index is -0.980. The third kappa shape index (κ3) is 15.3. The number of aliphatic hydroxyl groups excluding tert-OH is 1. The van der Waals surface area contributed by atoms with Crippen LogP contribution in [0.3, 0.4) is 0 Å². The molecule has 0 saturated heterocycles. The van der Waals surface area contributed by atoms with E-state index in [1.54, 1.807) is 0 Å². The number of aromatic carboxylic acids is 1. The lowest BCUT2D eigenvalue weighted by Crippen LogP contribution is -2.37. The summed E-state index contributed by atoms with van der Waals surface area (Å²) in [5.74, 6) is 9.26. The third-order valence-electron chi connectivity index (χ3n) is 29.2. The van der Waals surface area contributed by atoms with Crippen molar-refractivity contribution in [2.75, 3.05) is 0 Å². The Morgan fingerprint density at radius 1 is 0.417 bits per heavy atom. The topological polar surface area (TPSA) is 193 Å². The average molecular weight is 1570 g/mol.